The van der Waals surface area contributed by atoms with Gasteiger partial charge in [0.2, 0.25) is 0 Å². The lowest BCUT2D eigenvalue weighted by Gasteiger charge is -2.10. The summed E-state index contributed by atoms with van der Waals surface area (Å²) < 4.78 is 13.1. The van der Waals surface area contributed by atoms with Crippen LogP contribution in [0.3, 0.4) is 0 Å². The van der Waals surface area contributed by atoms with E-state index in [9.17, 15) is 9.18 Å². The summed E-state index contributed by atoms with van der Waals surface area (Å²) >= 11 is 5.66. The molecule has 0 saturated heterocycles. The molecule has 21 heavy (non-hydrogen) atoms. The highest BCUT2D eigenvalue weighted by molar-refractivity contribution is 6.31. The molecule has 0 bridgehead atoms. The first kappa shape index (κ1) is 15.2. The summed E-state index contributed by atoms with van der Waals surface area (Å²) in [4.78, 5) is 20.0. The molecule has 1 amide bonds. The van der Waals surface area contributed by atoms with Crippen LogP contribution in [-0.4, -0.2) is 21.9 Å². The summed E-state index contributed by atoms with van der Waals surface area (Å²) in [6.07, 6.45) is 1.30. The second-order valence-corrected chi connectivity index (χ2v) is 5.08. The number of carbonyl (C=O) groups is 1. The largest absolute Gasteiger partial charge is 0.368 e. The fourth-order valence-corrected chi connectivity index (χ4v) is 1.81. The summed E-state index contributed by atoms with van der Waals surface area (Å²) in [5.41, 5.74) is 0.594. The number of aromatic nitrogens is 2. The average molecular weight is 309 g/mol. The van der Waals surface area contributed by atoms with Gasteiger partial charge in [0.1, 0.15) is 23.7 Å². The van der Waals surface area contributed by atoms with Crippen molar-refractivity contribution in [1.29, 1.82) is 0 Å². The number of nitrogens with one attached hydrogen (secondary N) is 2. The van der Waals surface area contributed by atoms with E-state index in [4.69, 9.17) is 11.6 Å². The highest BCUT2D eigenvalue weighted by Gasteiger charge is 2.10. The van der Waals surface area contributed by atoms with Crippen LogP contribution in [0.1, 0.15) is 24.3 Å². The van der Waals surface area contributed by atoms with Crippen LogP contribution in [0.4, 0.5) is 15.9 Å². The van der Waals surface area contributed by atoms with Crippen LogP contribution in [0.25, 0.3) is 0 Å². The Morgan fingerprint density at radius 2 is 2.05 bits per heavy atom. The van der Waals surface area contributed by atoms with Gasteiger partial charge in [-0.05, 0) is 32.0 Å². The minimum absolute atomic E-state index is 0.0577. The Morgan fingerprint density at radius 1 is 1.29 bits per heavy atom. The molecule has 5 nitrogen and oxygen atoms in total. The van der Waals surface area contributed by atoms with Gasteiger partial charge in [0, 0.05) is 17.8 Å². The Balaban J connectivity index is 2.14. The fourth-order valence-electron chi connectivity index (χ4n) is 1.63. The molecule has 0 spiro atoms. The quantitative estimate of drug-likeness (QED) is 0.909. The Kier molecular flexibility index (Phi) is 4.70. The third-order valence-corrected chi connectivity index (χ3v) is 2.80. The SMILES string of the molecule is CC(C)Nc1cc(C(=O)Nc2ccc(F)c(Cl)c2)ncn1. The zero-order valence-electron chi connectivity index (χ0n) is 11.5. The zero-order valence-corrected chi connectivity index (χ0v) is 12.3. The Bertz CT molecular complexity index is 663. The van der Waals surface area contributed by atoms with Crippen LogP contribution in [0, 0.1) is 5.82 Å². The van der Waals surface area contributed by atoms with Gasteiger partial charge in [0.15, 0.2) is 0 Å². The van der Waals surface area contributed by atoms with Gasteiger partial charge in [0.05, 0.1) is 5.02 Å². The van der Waals surface area contributed by atoms with Crippen molar-refractivity contribution in [3.05, 3.63) is 47.1 Å². The molecule has 2 rings (SSSR count). The van der Waals surface area contributed by atoms with E-state index < -0.39 is 11.7 Å². The highest BCUT2D eigenvalue weighted by Crippen LogP contribution is 2.19. The normalized spacial score (nSPS) is 10.5. The second-order valence-electron chi connectivity index (χ2n) is 4.67. The van der Waals surface area contributed by atoms with Gasteiger partial charge in [0.25, 0.3) is 5.91 Å². The van der Waals surface area contributed by atoms with E-state index in [2.05, 4.69) is 20.6 Å². The first-order chi connectivity index (χ1) is 9.95. The van der Waals surface area contributed by atoms with E-state index in [1.54, 1.807) is 6.07 Å². The van der Waals surface area contributed by atoms with E-state index in [1.807, 2.05) is 13.8 Å². The summed E-state index contributed by atoms with van der Waals surface area (Å²) in [6, 6.07) is 5.67. The van der Waals surface area contributed by atoms with Gasteiger partial charge >= 0.3 is 0 Å². The minimum Gasteiger partial charge on any atom is -0.368 e. The van der Waals surface area contributed by atoms with Gasteiger partial charge in [-0.2, -0.15) is 0 Å². The average Bonchev–Trinajstić information content (AvgIpc) is 2.42. The van der Waals surface area contributed by atoms with Crippen molar-refractivity contribution >= 4 is 29.0 Å². The molecule has 0 aliphatic heterocycles. The molecular weight excluding hydrogens is 295 g/mol. The molecule has 0 unspecified atom stereocenters. The van der Waals surface area contributed by atoms with Crippen LogP contribution in [0.15, 0.2) is 30.6 Å². The van der Waals surface area contributed by atoms with E-state index in [0.29, 0.717) is 11.5 Å². The van der Waals surface area contributed by atoms with Crippen LogP contribution in [0.2, 0.25) is 5.02 Å². The summed E-state index contributed by atoms with van der Waals surface area (Å²) in [5.74, 6) is -0.408. The number of rotatable bonds is 4. The molecule has 7 heteroatoms. The number of hydrogen-bond acceptors (Lipinski definition) is 4. The molecule has 1 aromatic heterocycles. The monoisotopic (exact) mass is 308 g/mol. The van der Waals surface area contributed by atoms with Gasteiger partial charge in [-0.1, -0.05) is 11.6 Å². The standard InChI is InChI=1S/C14H14ClFN4O/c1-8(2)19-13-6-12(17-7-18-13)14(21)20-9-3-4-11(16)10(15)5-9/h3-8H,1-2H3,(H,20,21)(H,17,18,19). The molecule has 2 N–H and O–H groups in total. The van der Waals surface area contributed by atoms with E-state index in [0.717, 1.165) is 0 Å². The summed E-state index contributed by atoms with van der Waals surface area (Å²) in [5, 5.41) is 5.62. The van der Waals surface area contributed by atoms with Crippen molar-refractivity contribution < 1.29 is 9.18 Å². The molecule has 1 aromatic carbocycles. The van der Waals surface area contributed by atoms with E-state index in [1.165, 1.54) is 24.5 Å². The molecule has 1 heterocycles. The third kappa shape index (κ3) is 4.13. The Labute approximate surface area is 126 Å². The number of benzene rings is 1. The topological polar surface area (TPSA) is 66.9 Å². The van der Waals surface area contributed by atoms with Crippen molar-refractivity contribution in [3.63, 3.8) is 0 Å². The maximum absolute atomic E-state index is 13.1. The lowest BCUT2D eigenvalue weighted by molar-refractivity contribution is 0.102. The smallest absolute Gasteiger partial charge is 0.274 e. The van der Waals surface area contributed by atoms with Gasteiger partial charge in [-0.25, -0.2) is 14.4 Å². The van der Waals surface area contributed by atoms with Crippen LogP contribution in [0.5, 0.6) is 0 Å². The molecule has 0 saturated carbocycles. The predicted octanol–water partition coefficient (Wildman–Crippen LogP) is 3.34. The molecule has 0 fully saturated rings. The lowest BCUT2D eigenvalue weighted by atomic mass is 10.3. The van der Waals surface area contributed by atoms with Crippen LogP contribution in [-0.2, 0) is 0 Å². The number of halogens is 2. The first-order valence-electron chi connectivity index (χ1n) is 6.30. The molecule has 2 aromatic rings. The predicted molar refractivity (Wildman–Crippen MR) is 80.2 cm³/mol. The molecule has 0 aliphatic carbocycles. The highest BCUT2D eigenvalue weighted by atomic mass is 35.5. The molecule has 0 radical (unpaired) electrons. The molecular formula is C14H14ClFN4O. The Hall–Kier alpha value is -2.21. The van der Waals surface area contributed by atoms with E-state index in [-0.39, 0.29) is 16.8 Å². The molecule has 110 valence electrons. The number of anilines is 2. The zero-order chi connectivity index (χ0) is 15.4. The second kappa shape index (κ2) is 6.49. The van der Waals surface area contributed by atoms with Crippen molar-refractivity contribution in [2.45, 2.75) is 19.9 Å². The van der Waals surface area contributed by atoms with Crippen molar-refractivity contribution in [1.82, 2.24) is 9.97 Å². The van der Waals surface area contributed by atoms with E-state index >= 15 is 0 Å². The van der Waals surface area contributed by atoms with Gasteiger partial charge in [-0.3, -0.25) is 4.79 Å². The number of nitrogens with zero attached hydrogens (tertiary/aromatic N) is 2. The van der Waals surface area contributed by atoms with Crippen LogP contribution < -0.4 is 10.6 Å². The number of carbonyl (C=O) groups excluding carboxylic acids is 1. The van der Waals surface area contributed by atoms with Crippen molar-refractivity contribution in [2.75, 3.05) is 10.6 Å². The maximum atomic E-state index is 13.1. The van der Waals surface area contributed by atoms with Gasteiger partial charge < -0.3 is 10.6 Å². The summed E-state index contributed by atoms with van der Waals surface area (Å²) in [7, 11) is 0. The number of amides is 1. The maximum Gasteiger partial charge on any atom is 0.274 e. The fraction of sp³-hybridized carbons (Fsp3) is 0.214. The van der Waals surface area contributed by atoms with Crippen LogP contribution >= 0.6 is 11.6 Å². The third-order valence-electron chi connectivity index (χ3n) is 2.51. The lowest BCUT2D eigenvalue weighted by Crippen LogP contribution is -2.16. The van der Waals surface area contributed by atoms with Gasteiger partial charge in [-0.15, -0.1) is 0 Å². The van der Waals surface area contributed by atoms with Crippen molar-refractivity contribution in [2.24, 2.45) is 0 Å². The summed E-state index contributed by atoms with van der Waals surface area (Å²) in [6.45, 7) is 3.92. The number of hydrogen-bond donors (Lipinski definition) is 2. The molecule has 0 atom stereocenters. The Morgan fingerprint density at radius 3 is 2.71 bits per heavy atom. The van der Waals surface area contributed by atoms with Crippen molar-refractivity contribution in [3.8, 4) is 0 Å². The minimum atomic E-state index is -0.542. The first-order valence-corrected chi connectivity index (χ1v) is 6.68. The molecule has 0 aliphatic rings.